The maximum Gasteiger partial charge on any atom is 0.267 e. The van der Waals surface area contributed by atoms with Crippen molar-refractivity contribution in [3.63, 3.8) is 0 Å². The van der Waals surface area contributed by atoms with E-state index >= 15 is 0 Å². The number of hydrogen-bond acceptors (Lipinski definition) is 5. The van der Waals surface area contributed by atoms with Crippen molar-refractivity contribution in [3.8, 4) is 11.3 Å². The molecule has 8 heteroatoms. The molecule has 2 amide bonds. The predicted octanol–water partition coefficient (Wildman–Crippen LogP) is 0.434. The molecule has 1 aliphatic rings. The number of nitrogens with one attached hydrogen (secondary N) is 1. The monoisotopic (exact) mass is 355 g/mol. The smallest absolute Gasteiger partial charge is 0.267 e. The molecule has 0 bridgehead atoms. The molecule has 0 atom stereocenters. The Bertz CT molecular complexity index is 834. The Kier molecular flexibility index (Phi) is 5.73. The van der Waals surface area contributed by atoms with Gasteiger partial charge in [0.1, 0.15) is 6.54 Å². The molecule has 1 aliphatic heterocycles. The number of rotatable bonds is 7. The van der Waals surface area contributed by atoms with Crippen LogP contribution in [0.3, 0.4) is 0 Å². The van der Waals surface area contributed by atoms with E-state index in [2.05, 4.69) is 15.4 Å². The van der Waals surface area contributed by atoms with E-state index in [1.807, 2.05) is 11.0 Å². The summed E-state index contributed by atoms with van der Waals surface area (Å²) < 4.78 is 1.14. The van der Waals surface area contributed by atoms with Gasteiger partial charge in [0.2, 0.25) is 11.8 Å². The normalized spacial score (nSPS) is 13.8. The summed E-state index contributed by atoms with van der Waals surface area (Å²) in [6, 6.07) is 6.62. The molecule has 1 N–H and O–H groups in total. The topological polar surface area (TPSA) is 97.2 Å². The molecule has 8 nitrogen and oxygen atoms in total. The van der Waals surface area contributed by atoms with E-state index in [0.717, 1.165) is 23.2 Å². The summed E-state index contributed by atoms with van der Waals surface area (Å²) in [5.74, 6) is -0.102. The molecular formula is C18H21N5O3. The fourth-order valence-electron chi connectivity index (χ4n) is 2.86. The van der Waals surface area contributed by atoms with Gasteiger partial charge in [0.25, 0.3) is 5.56 Å². The van der Waals surface area contributed by atoms with Crippen LogP contribution in [0.4, 0.5) is 0 Å². The van der Waals surface area contributed by atoms with Crippen molar-refractivity contribution in [3.05, 3.63) is 47.0 Å². The first-order chi connectivity index (χ1) is 12.6. The molecule has 2 aromatic heterocycles. The van der Waals surface area contributed by atoms with Gasteiger partial charge in [-0.2, -0.15) is 5.10 Å². The highest BCUT2D eigenvalue weighted by Crippen LogP contribution is 2.12. The van der Waals surface area contributed by atoms with E-state index in [-0.39, 0.29) is 23.9 Å². The average Bonchev–Trinajstić information content (AvgIpc) is 3.06. The zero-order valence-electron chi connectivity index (χ0n) is 14.4. The van der Waals surface area contributed by atoms with Crippen molar-refractivity contribution in [1.29, 1.82) is 0 Å². The predicted molar refractivity (Wildman–Crippen MR) is 95.2 cm³/mol. The Labute approximate surface area is 150 Å². The van der Waals surface area contributed by atoms with Crippen molar-refractivity contribution >= 4 is 11.8 Å². The number of aromatic nitrogens is 3. The van der Waals surface area contributed by atoms with Crippen molar-refractivity contribution in [1.82, 2.24) is 25.0 Å². The first-order valence-electron chi connectivity index (χ1n) is 8.66. The number of likely N-dealkylation sites (tertiary alicyclic amines) is 1. The number of hydrogen-bond donors (Lipinski definition) is 1. The van der Waals surface area contributed by atoms with Gasteiger partial charge in [0.05, 0.1) is 5.69 Å². The van der Waals surface area contributed by atoms with Crippen molar-refractivity contribution in [2.75, 3.05) is 19.6 Å². The molecular weight excluding hydrogens is 334 g/mol. The summed E-state index contributed by atoms with van der Waals surface area (Å²) in [4.78, 5) is 41.4. The van der Waals surface area contributed by atoms with Crippen LogP contribution in [0.1, 0.15) is 19.3 Å². The molecule has 0 aromatic carbocycles. The van der Waals surface area contributed by atoms with E-state index in [9.17, 15) is 14.4 Å². The minimum Gasteiger partial charge on any atom is -0.354 e. The fraction of sp³-hybridized carbons (Fsp3) is 0.389. The van der Waals surface area contributed by atoms with Gasteiger partial charge in [-0.3, -0.25) is 19.4 Å². The lowest BCUT2D eigenvalue weighted by atomic mass is 10.2. The molecule has 2 aromatic rings. The van der Waals surface area contributed by atoms with Gasteiger partial charge < -0.3 is 10.2 Å². The van der Waals surface area contributed by atoms with Crippen LogP contribution in [-0.2, 0) is 16.1 Å². The molecule has 1 fully saturated rings. The standard InChI is InChI=1S/C18H21N5O3/c24-16(20-9-3-11-22-10-2-5-17(22)25)13-23-18(26)7-6-15(21-23)14-4-1-8-19-12-14/h1,4,6-8,12H,2-3,5,9-11,13H2,(H,20,24). The zero-order valence-corrected chi connectivity index (χ0v) is 14.4. The second-order valence-corrected chi connectivity index (χ2v) is 6.14. The molecule has 0 aliphatic carbocycles. The maximum absolute atomic E-state index is 12.1. The molecule has 3 heterocycles. The molecule has 0 unspecified atom stereocenters. The summed E-state index contributed by atoms with van der Waals surface area (Å²) in [6.45, 7) is 1.76. The lowest BCUT2D eigenvalue weighted by Gasteiger charge is -2.15. The first kappa shape index (κ1) is 17.8. The van der Waals surface area contributed by atoms with Crippen LogP contribution >= 0.6 is 0 Å². The third-order valence-corrected chi connectivity index (χ3v) is 4.22. The van der Waals surface area contributed by atoms with Gasteiger partial charge in [0, 0.05) is 50.1 Å². The molecule has 136 valence electrons. The van der Waals surface area contributed by atoms with Gasteiger partial charge in [-0.25, -0.2) is 4.68 Å². The number of pyridine rings is 1. The van der Waals surface area contributed by atoms with Gasteiger partial charge in [-0.15, -0.1) is 0 Å². The highest BCUT2D eigenvalue weighted by molar-refractivity contribution is 5.78. The van der Waals surface area contributed by atoms with Gasteiger partial charge >= 0.3 is 0 Å². The molecule has 1 saturated heterocycles. The minimum absolute atomic E-state index is 0.143. The second kappa shape index (κ2) is 8.37. The summed E-state index contributed by atoms with van der Waals surface area (Å²) in [5.41, 5.74) is 1.02. The molecule has 0 radical (unpaired) electrons. The molecule has 3 rings (SSSR count). The van der Waals surface area contributed by atoms with Crippen LogP contribution in [-0.4, -0.2) is 51.1 Å². The van der Waals surface area contributed by atoms with Crippen molar-refractivity contribution in [2.24, 2.45) is 0 Å². The Balaban J connectivity index is 1.52. The van der Waals surface area contributed by atoms with E-state index < -0.39 is 0 Å². The minimum atomic E-state index is -0.338. The van der Waals surface area contributed by atoms with E-state index in [0.29, 0.717) is 31.6 Å². The highest BCUT2D eigenvalue weighted by atomic mass is 16.2. The third kappa shape index (κ3) is 4.53. The Morgan fingerprint density at radius 3 is 2.85 bits per heavy atom. The van der Waals surface area contributed by atoms with Crippen LogP contribution < -0.4 is 10.9 Å². The Morgan fingerprint density at radius 2 is 2.12 bits per heavy atom. The van der Waals surface area contributed by atoms with Crippen LogP contribution in [0.25, 0.3) is 11.3 Å². The lowest BCUT2D eigenvalue weighted by Crippen LogP contribution is -2.35. The van der Waals surface area contributed by atoms with E-state index in [1.54, 1.807) is 24.5 Å². The lowest BCUT2D eigenvalue weighted by molar-refractivity contribution is -0.127. The number of carbonyl (C=O) groups is 2. The summed E-state index contributed by atoms with van der Waals surface area (Å²) in [7, 11) is 0. The average molecular weight is 355 g/mol. The van der Waals surface area contributed by atoms with Crippen molar-refractivity contribution in [2.45, 2.75) is 25.8 Å². The van der Waals surface area contributed by atoms with E-state index in [1.165, 1.54) is 6.07 Å². The van der Waals surface area contributed by atoms with Gasteiger partial charge in [-0.05, 0) is 31.0 Å². The van der Waals surface area contributed by atoms with Gasteiger partial charge in [-0.1, -0.05) is 0 Å². The van der Waals surface area contributed by atoms with Crippen LogP contribution in [0, 0.1) is 0 Å². The second-order valence-electron chi connectivity index (χ2n) is 6.14. The number of carbonyl (C=O) groups excluding carboxylic acids is 2. The first-order valence-corrected chi connectivity index (χ1v) is 8.66. The largest absolute Gasteiger partial charge is 0.354 e. The zero-order chi connectivity index (χ0) is 18.4. The fourth-order valence-corrected chi connectivity index (χ4v) is 2.86. The van der Waals surface area contributed by atoms with Crippen LogP contribution in [0.2, 0.25) is 0 Å². The van der Waals surface area contributed by atoms with Crippen LogP contribution in [0.15, 0.2) is 41.5 Å². The summed E-state index contributed by atoms with van der Waals surface area (Å²) in [6.07, 6.45) is 5.52. The Hall–Kier alpha value is -3.03. The maximum atomic E-state index is 12.1. The van der Waals surface area contributed by atoms with Gasteiger partial charge in [0.15, 0.2) is 0 Å². The molecule has 0 saturated carbocycles. The van der Waals surface area contributed by atoms with E-state index in [4.69, 9.17) is 0 Å². The molecule has 0 spiro atoms. The highest BCUT2D eigenvalue weighted by Gasteiger charge is 2.19. The quantitative estimate of drug-likeness (QED) is 0.727. The number of nitrogens with zero attached hydrogens (tertiary/aromatic N) is 4. The number of amides is 2. The van der Waals surface area contributed by atoms with Crippen LogP contribution in [0.5, 0.6) is 0 Å². The molecule has 26 heavy (non-hydrogen) atoms. The summed E-state index contributed by atoms with van der Waals surface area (Å²) >= 11 is 0. The Morgan fingerprint density at radius 1 is 1.23 bits per heavy atom. The summed E-state index contributed by atoms with van der Waals surface area (Å²) in [5, 5.41) is 7.00. The SMILES string of the molecule is O=C(Cn1nc(-c2cccnc2)ccc1=O)NCCCN1CCCC1=O. The third-order valence-electron chi connectivity index (χ3n) is 4.22. The van der Waals surface area contributed by atoms with Crippen molar-refractivity contribution < 1.29 is 9.59 Å².